The first-order chi connectivity index (χ1) is 10.3. The predicted molar refractivity (Wildman–Crippen MR) is 94.4 cm³/mol. The Morgan fingerprint density at radius 3 is 2.43 bits per heavy atom. The van der Waals surface area contributed by atoms with Gasteiger partial charge in [0.25, 0.3) is 0 Å². The van der Waals surface area contributed by atoms with Crippen molar-refractivity contribution in [3.8, 4) is 0 Å². The smallest absolute Gasteiger partial charge is 0.219 e. The molecule has 0 unspecified atom stereocenters. The van der Waals surface area contributed by atoms with Crippen LogP contribution in [0.4, 0.5) is 5.13 Å². The van der Waals surface area contributed by atoms with Crippen LogP contribution < -0.4 is 4.90 Å². The van der Waals surface area contributed by atoms with E-state index in [-0.39, 0.29) is 18.3 Å². The van der Waals surface area contributed by atoms with Crippen LogP contribution in [-0.4, -0.2) is 56.6 Å². The molecule has 1 amide bonds. The summed E-state index contributed by atoms with van der Waals surface area (Å²) in [6, 6.07) is 5.02. The van der Waals surface area contributed by atoms with E-state index < -0.39 is 9.84 Å². The molecular formula is C14H18ClN3O3S2. The van der Waals surface area contributed by atoms with Crippen molar-refractivity contribution in [2.45, 2.75) is 11.8 Å². The Hall–Kier alpha value is -1.38. The number of amides is 1. The lowest BCUT2D eigenvalue weighted by Crippen LogP contribution is -2.48. The number of fused-ring (bicyclic) bond motifs is 1. The third kappa shape index (κ3) is 3.76. The summed E-state index contributed by atoms with van der Waals surface area (Å²) in [5.41, 5.74) is 0.807. The van der Waals surface area contributed by atoms with Crippen molar-refractivity contribution in [3.05, 3.63) is 18.2 Å². The molecule has 0 saturated carbocycles. The monoisotopic (exact) mass is 375 g/mol. The van der Waals surface area contributed by atoms with E-state index in [4.69, 9.17) is 0 Å². The largest absolute Gasteiger partial charge is 0.345 e. The molecule has 0 N–H and O–H groups in total. The van der Waals surface area contributed by atoms with E-state index in [2.05, 4.69) is 9.88 Å². The third-order valence-corrected chi connectivity index (χ3v) is 5.96. The lowest BCUT2D eigenvalue weighted by atomic mass is 10.3. The summed E-state index contributed by atoms with van der Waals surface area (Å²) in [5, 5.41) is 0.879. The molecule has 1 aromatic carbocycles. The number of carbonyl (C=O) groups excluding carboxylic acids is 1. The molecule has 0 atom stereocenters. The summed E-state index contributed by atoms with van der Waals surface area (Å²) < 4.78 is 24.1. The number of halogens is 1. The van der Waals surface area contributed by atoms with Gasteiger partial charge in [0.1, 0.15) is 0 Å². The second-order valence-corrected chi connectivity index (χ2v) is 8.42. The standard InChI is InChI=1S/C14H17N3O3S2.ClH/c1-10(18)16-5-7-17(8-6-16)14-15-12-4-3-11(22(2,19)20)9-13(12)21-14;/h3-4,9H,5-8H2,1-2H3;1H. The van der Waals surface area contributed by atoms with Gasteiger partial charge in [0.2, 0.25) is 5.91 Å². The van der Waals surface area contributed by atoms with E-state index in [1.54, 1.807) is 25.1 Å². The Balaban J connectivity index is 0.00000192. The quantitative estimate of drug-likeness (QED) is 0.800. The molecule has 0 radical (unpaired) electrons. The van der Waals surface area contributed by atoms with Crippen molar-refractivity contribution in [1.29, 1.82) is 0 Å². The van der Waals surface area contributed by atoms with Crippen LogP contribution in [-0.2, 0) is 14.6 Å². The Morgan fingerprint density at radius 2 is 1.87 bits per heavy atom. The average molecular weight is 376 g/mol. The van der Waals surface area contributed by atoms with E-state index in [9.17, 15) is 13.2 Å². The first-order valence-electron chi connectivity index (χ1n) is 6.96. The van der Waals surface area contributed by atoms with Gasteiger partial charge in [-0.15, -0.1) is 12.4 Å². The minimum absolute atomic E-state index is 0. The van der Waals surface area contributed by atoms with Crippen LogP contribution >= 0.6 is 23.7 Å². The number of aromatic nitrogens is 1. The minimum atomic E-state index is -3.21. The number of carbonyl (C=O) groups is 1. The second-order valence-electron chi connectivity index (χ2n) is 5.39. The van der Waals surface area contributed by atoms with Crippen molar-refractivity contribution in [2.24, 2.45) is 0 Å². The van der Waals surface area contributed by atoms with Gasteiger partial charge >= 0.3 is 0 Å². The molecule has 1 saturated heterocycles. The summed E-state index contributed by atoms with van der Waals surface area (Å²) in [5.74, 6) is 0.0988. The third-order valence-electron chi connectivity index (χ3n) is 3.77. The topological polar surface area (TPSA) is 70.6 Å². The van der Waals surface area contributed by atoms with E-state index in [1.807, 2.05) is 4.90 Å². The Bertz CT molecular complexity index is 827. The molecule has 0 aliphatic carbocycles. The van der Waals surface area contributed by atoms with Crippen molar-refractivity contribution < 1.29 is 13.2 Å². The zero-order valence-corrected chi connectivity index (χ0v) is 15.3. The number of benzene rings is 1. The zero-order valence-electron chi connectivity index (χ0n) is 12.9. The fourth-order valence-electron chi connectivity index (χ4n) is 2.47. The molecule has 126 valence electrons. The maximum atomic E-state index is 11.6. The first kappa shape index (κ1) is 18.0. The predicted octanol–water partition coefficient (Wildman–Crippen LogP) is 1.79. The van der Waals surface area contributed by atoms with E-state index in [0.29, 0.717) is 18.0 Å². The van der Waals surface area contributed by atoms with Crippen molar-refractivity contribution in [2.75, 3.05) is 37.3 Å². The molecule has 1 aliphatic rings. The number of nitrogens with zero attached hydrogens (tertiary/aromatic N) is 3. The fraction of sp³-hybridized carbons (Fsp3) is 0.429. The summed E-state index contributed by atoms with van der Waals surface area (Å²) >= 11 is 1.49. The Kier molecular flexibility index (Phi) is 5.17. The highest BCUT2D eigenvalue weighted by molar-refractivity contribution is 7.90. The first-order valence-corrected chi connectivity index (χ1v) is 9.66. The van der Waals surface area contributed by atoms with Gasteiger partial charge in [-0.2, -0.15) is 0 Å². The minimum Gasteiger partial charge on any atom is -0.345 e. The van der Waals surface area contributed by atoms with Crippen LogP contribution in [0.3, 0.4) is 0 Å². The van der Waals surface area contributed by atoms with Crippen molar-refractivity contribution in [1.82, 2.24) is 9.88 Å². The normalized spacial score (nSPS) is 15.6. The van der Waals surface area contributed by atoms with E-state index in [0.717, 1.165) is 28.4 Å². The molecule has 2 aromatic rings. The van der Waals surface area contributed by atoms with Gasteiger partial charge in [-0.05, 0) is 18.2 Å². The maximum Gasteiger partial charge on any atom is 0.219 e. The van der Waals surface area contributed by atoms with Crippen LogP contribution in [0.1, 0.15) is 6.92 Å². The number of hydrogen-bond donors (Lipinski definition) is 0. The molecule has 6 nitrogen and oxygen atoms in total. The van der Waals surface area contributed by atoms with Crippen LogP contribution in [0.5, 0.6) is 0 Å². The van der Waals surface area contributed by atoms with Gasteiger partial charge in [0.15, 0.2) is 15.0 Å². The highest BCUT2D eigenvalue weighted by Crippen LogP contribution is 2.31. The maximum absolute atomic E-state index is 11.6. The summed E-state index contributed by atoms with van der Waals surface area (Å²) in [6.45, 7) is 4.47. The number of sulfone groups is 1. The summed E-state index contributed by atoms with van der Waals surface area (Å²) in [4.78, 5) is 20.2. The molecule has 2 heterocycles. The van der Waals surface area contributed by atoms with Crippen LogP contribution in [0, 0.1) is 0 Å². The van der Waals surface area contributed by atoms with Crippen molar-refractivity contribution in [3.63, 3.8) is 0 Å². The molecule has 1 aromatic heterocycles. The van der Waals surface area contributed by atoms with Crippen LogP contribution in [0.15, 0.2) is 23.1 Å². The zero-order chi connectivity index (χ0) is 15.9. The summed E-state index contributed by atoms with van der Waals surface area (Å²) in [6.07, 6.45) is 1.21. The number of hydrogen-bond acceptors (Lipinski definition) is 6. The van der Waals surface area contributed by atoms with Crippen LogP contribution in [0.25, 0.3) is 10.2 Å². The van der Waals surface area contributed by atoms with Gasteiger partial charge in [0, 0.05) is 39.4 Å². The summed E-state index contributed by atoms with van der Waals surface area (Å²) in [7, 11) is -3.21. The Morgan fingerprint density at radius 1 is 1.22 bits per heavy atom. The number of anilines is 1. The van der Waals surface area contributed by atoms with Gasteiger partial charge in [-0.3, -0.25) is 4.79 Å². The van der Waals surface area contributed by atoms with Gasteiger partial charge < -0.3 is 9.80 Å². The number of rotatable bonds is 2. The van der Waals surface area contributed by atoms with Crippen LogP contribution in [0.2, 0.25) is 0 Å². The molecule has 9 heteroatoms. The SMILES string of the molecule is CC(=O)N1CCN(c2nc3ccc(S(C)(=O)=O)cc3s2)CC1.Cl. The van der Waals surface area contributed by atoms with Gasteiger partial charge in [-0.25, -0.2) is 13.4 Å². The highest BCUT2D eigenvalue weighted by Gasteiger charge is 2.21. The average Bonchev–Trinajstić information content (AvgIpc) is 2.89. The fourth-order valence-corrected chi connectivity index (χ4v) is 4.25. The van der Waals surface area contributed by atoms with Crippen molar-refractivity contribution >= 4 is 54.8 Å². The highest BCUT2D eigenvalue weighted by atomic mass is 35.5. The molecule has 1 aliphatic heterocycles. The molecule has 23 heavy (non-hydrogen) atoms. The lowest BCUT2D eigenvalue weighted by Gasteiger charge is -2.33. The molecule has 1 fully saturated rings. The van der Waals surface area contributed by atoms with Gasteiger partial charge in [0.05, 0.1) is 15.1 Å². The van der Waals surface area contributed by atoms with Gasteiger partial charge in [-0.1, -0.05) is 11.3 Å². The number of thiazole rings is 1. The second kappa shape index (κ2) is 6.62. The van der Waals surface area contributed by atoms with E-state index in [1.165, 1.54) is 17.6 Å². The van der Waals surface area contributed by atoms with E-state index >= 15 is 0 Å². The molecule has 3 rings (SSSR count). The molecule has 0 spiro atoms. The lowest BCUT2D eigenvalue weighted by molar-refractivity contribution is -0.129. The molecule has 0 bridgehead atoms. The molecular weight excluding hydrogens is 358 g/mol. The Labute approximate surface area is 145 Å². The number of piperazine rings is 1.